The third kappa shape index (κ3) is 1.74. The Labute approximate surface area is 84.8 Å². The summed E-state index contributed by atoms with van der Waals surface area (Å²) in [6, 6.07) is 5.11. The molecular weight excluding hydrogens is 199 g/mol. The molecule has 0 spiro atoms. The lowest BCUT2D eigenvalue weighted by Gasteiger charge is -2.02. The summed E-state index contributed by atoms with van der Waals surface area (Å²) < 4.78 is 17.8. The van der Waals surface area contributed by atoms with E-state index in [1.54, 1.807) is 6.07 Å². The summed E-state index contributed by atoms with van der Waals surface area (Å²) in [5, 5.41) is 8.90. The summed E-state index contributed by atoms with van der Waals surface area (Å²) >= 11 is 0. The number of hydrogen-bond acceptors (Lipinski definition) is 2. The zero-order valence-corrected chi connectivity index (χ0v) is 7.61. The molecule has 0 aliphatic heterocycles. The molecule has 0 saturated carbocycles. The van der Waals surface area contributed by atoms with E-state index in [-0.39, 0.29) is 5.56 Å². The molecule has 4 heteroatoms. The van der Waals surface area contributed by atoms with Gasteiger partial charge in [-0.25, -0.2) is 9.18 Å². The molecule has 0 aliphatic carbocycles. The van der Waals surface area contributed by atoms with Crippen LogP contribution in [0.5, 0.6) is 0 Å². The Morgan fingerprint density at radius 3 is 2.73 bits per heavy atom. The number of furan rings is 1. The maximum atomic E-state index is 13.0. The van der Waals surface area contributed by atoms with Crippen molar-refractivity contribution in [1.82, 2.24) is 0 Å². The van der Waals surface area contributed by atoms with Gasteiger partial charge in [-0.15, -0.1) is 0 Å². The number of carbonyl (C=O) groups is 1. The van der Waals surface area contributed by atoms with Crippen LogP contribution in [0.1, 0.15) is 10.4 Å². The molecule has 0 atom stereocenters. The number of halogens is 1. The number of aromatic carboxylic acids is 1. The number of carboxylic acid groups (broad SMARTS) is 1. The fourth-order valence-electron chi connectivity index (χ4n) is 1.36. The van der Waals surface area contributed by atoms with E-state index in [1.807, 2.05) is 0 Å². The molecule has 76 valence electrons. The van der Waals surface area contributed by atoms with Crippen molar-refractivity contribution >= 4 is 5.97 Å². The summed E-state index contributed by atoms with van der Waals surface area (Å²) in [6.07, 6.45) is 2.78. The molecule has 1 heterocycles. The van der Waals surface area contributed by atoms with Gasteiger partial charge in [0.05, 0.1) is 18.1 Å². The monoisotopic (exact) mass is 206 g/mol. The van der Waals surface area contributed by atoms with Crippen LogP contribution in [0.15, 0.2) is 41.2 Å². The second-order valence-corrected chi connectivity index (χ2v) is 3.01. The first-order chi connectivity index (χ1) is 7.18. The highest BCUT2D eigenvalue weighted by atomic mass is 19.1. The topological polar surface area (TPSA) is 50.4 Å². The molecule has 1 aromatic heterocycles. The van der Waals surface area contributed by atoms with Crippen molar-refractivity contribution in [3.05, 3.63) is 48.2 Å². The molecule has 1 aromatic carbocycles. The van der Waals surface area contributed by atoms with Gasteiger partial charge in [0.2, 0.25) is 0 Å². The molecule has 0 unspecified atom stereocenters. The maximum Gasteiger partial charge on any atom is 0.336 e. The lowest BCUT2D eigenvalue weighted by Crippen LogP contribution is -1.99. The van der Waals surface area contributed by atoms with Crippen molar-refractivity contribution in [2.75, 3.05) is 0 Å². The smallest absolute Gasteiger partial charge is 0.336 e. The summed E-state index contributed by atoms with van der Waals surface area (Å²) in [4.78, 5) is 10.9. The molecule has 0 saturated heterocycles. The van der Waals surface area contributed by atoms with Crippen LogP contribution in [-0.2, 0) is 0 Å². The largest absolute Gasteiger partial charge is 0.478 e. The fourth-order valence-corrected chi connectivity index (χ4v) is 1.36. The maximum absolute atomic E-state index is 13.0. The Balaban J connectivity index is 2.63. The quantitative estimate of drug-likeness (QED) is 0.821. The average Bonchev–Trinajstić information content (AvgIpc) is 2.69. The third-order valence-corrected chi connectivity index (χ3v) is 2.04. The van der Waals surface area contributed by atoms with Gasteiger partial charge in [-0.3, -0.25) is 0 Å². The van der Waals surface area contributed by atoms with E-state index in [2.05, 4.69) is 0 Å². The Bertz CT molecular complexity index is 489. The zero-order chi connectivity index (χ0) is 10.8. The highest BCUT2D eigenvalue weighted by Gasteiger charge is 2.13. The van der Waals surface area contributed by atoms with Crippen LogP contribution in [0.2, 0.25) is 0 Å². The lowest BCUT2D eigenvalue weighted by molar-refractivity contribution is 0.0697. The van der Waals surface area contributed by atoms with Crippen LogP contribution >= 0.6 is 0 Å². The van der Waals surface area contributed by atoms with Gasteiger partial charge in [0.1, 0.15) is 5.82 Å². The van der Waals surface area contributed by atoms with E-state index in [4.69, 9.17) is 9.52 Å². The zero-order valence-electron chi connectivity index (χ0n) is 7.61. The van der Waals surface area contributed by atoms with Gasteiger partial charge < -0.3 is 9.52 Å². The standard InChI is InChI=1S/C11H7FO3/c12-8-1-2-9(11(13)14)10(5-8)7-3-4-15-6-7/h1-6H,(H,13,14). The molecule has 0 fully saturated rings. The van der Waals surface area contributed by atoms with Crippen molar-refractivity contribution in [2.24, 2.45) is 0 Å². The van der Waals surface area contributed by atoms with Gasteiger partial charge >= 0.3 is 5.97 Å². The van der Waals surface area contributed by atoms with Gasteiger partial charge in [-0.2, -0.15) is 0 Å². The van der Waals surface area contributed by atoms with Gasteiger partial charge in [0.25, 0.3) is 0 Å². The van der Waals surface area contributed by atoms with Crippen molar-refractivity contribution in [3.63, 3.8) is 0 Å². The molecule has 15 heavy (non-hydrogen) atoms. The lowest BCUT2D eigenvalue weighted by atomic mass is 10.0. The number of carboxylic acids is 1. The number of hydrogen-bond donors (Lipinski definition) is 1. The van der Waals surface area contributed by atoms with Crippen LogP contribution < -0.4 is 0 Å². The normalized spacial score (nSPS) is 10.2. The Kier molecular flexibility index (Phi) is 2.25. The third-order valence-electron chi connectivity index (χ3n) is 2.04. The predicted octanol–water partition coefficient (Wildman–Crippen LogP) is 2.78. The van der Waals surface area contributed by atoms with Gasteiger partial charge in [-0.05, 0) is 24.3 Å². The first kappa shape index (κ1) is 9.45. The van der Waals surface area contributed by atoms with Crippen LogP contribution in [0.3, 0.4) is 0 Å². The van der Waals surface area contributed by atoms with Crippen LogP contribution in [0.4, 0.5) is 4.39 Å². The van der Waals surface area contributed by atoms with E-state index >= 15 is 0 Å². The Hall–Kier alpha value is -2.10. The average molecular weight is 206 g/mol. The van der Waals surface area contributed by atoms with Crippen molar-refractivity contribution in [1.29, 1.82) is 0 Å². The molecule has 2 rings (SSSR count). The Morgan fingerprint density at radius 2 is 2.13 bits per heavy atom. The number of rotatable bonds is 2. The Morgan fingerprint density at radius 1 is 1.33 bits per heavy atom. The van der Waals surface area contributed by atoms with Crippen LogP contribution in [0.25, 0.3) is 11.1 Å². The summed E-state index contributed by atoms with van der Waals surface area (Å²) in [6.45, 7) is 0. The van der Waals surface area contributed by atoms with Crippen molar-refractivity contribution < 1.29 is 18.7 Å². The molecule has 0 bridgehead atoms. The molecule has 0 aliphatic rings. The van der Waals surface area contributed by atoms with Gasteiger partial charge in [-0.1, -0.05) is 0 Å². The van der Waals surface area contributed by atoms with Crippen LogP contribution in [-0.4, -0.2) is 11.1 Å². The second kappa shape index (κ2) is 3.57. The minimum atomic E-state index is -1.09. The number of benzene rings is 1. The molecule has 0 radical (unpaired) electrons. The van der Waals surface area contributed by atoms with E-state index in [0.717, 1.165) is 6.07 Å². The molecule has 2 aromatic rings. The fraction of sp³-hybridized carbons (Fsp3) is 0. The SMILES string of the molecule is O=C(O)c1ccc(F)cc1-c1ccoc1. The first-order valence-electron chi connectivity index (χ1n) is 4.24. The van der Waals surface area contributed by atoms with Gasteiger partial charge in [0, 0.05) is 11.1 Å². The first-order valence-corrected chi connectivity index (χ1v) is 4.24. The van der Waals surface area contributed by atoms with E-state index in [1.165, 1.54) is 24.7 Å². The molecule has 0 amide bonds. The molecule has 1 N–H and O–H groups in total. The second-order valence-electron chi connectivity index (χ2n) is 3.01. The van der Waals surface area contributed by atoms with E-state index in [0.29, 0.717) is 11.1 Å². The highest BCUT2D eigenvalue weighted by molar-refractivity contribution is 5.95. The predicted molar refractivity (Wildman–Crippen MR) is 51.1 cm³/mol. The van der Waals surface area contributed by atoms with E-state index in [9.17, 15) is 9.18 Å². The van der Waals surface area contributed by atoms with E-state index < -0.39 is 11.8 Å². The van der Waals surface area contributed by atoms with Gasteiger partial charge in [0.15, 0.2) is 0 Å². The summed E-state index contributed by atoms with van der Waals surface area (Å²) in [5.74, 6) is -1.57. The minimum absolute atomic E-state index is 0.0535. The van der Waals surface area contributed by atoms with Crippen molar-refractivity contribution in [2.45, 2.75) is 0 Å². The minimum Gasteiger partial charge on any atom is -0.478 e. The molecule has 3 nitrogen and oxygen atoms in total. The summed E-state index contributed by atoms with van der Waals surface area (Å²) in [5.41, 5.74) is 0.918. The summed E-state index contributed by atoms with van der Waals surface area (Å²) in [7, 11) is 0. The molecular formula is C11H7FO3. The van der Waals surface area contributed by atoms with Crippen LogP contribution in [0, 0.1) is 5.82 Å². The van der Waals surface area contributed by atoms with Crippen molar-refractivity contribution in [3.8, 4) is 11.1 Å². The highest BCUT2D eigenvalue weighted by Crippen LogP contribution is 2.25.